The summed E-state index contributed by atoms with van der Waals surface area (Å²) in [6.07, 6.45) is 5.59. The molecule has 1 aliphatic rings. The van der Waals surface area contributed by atoms with E-state index in [4.69, 9.17) is 4.74 Å². The fraction of sp³-hybridized carbons (Fsp3) is 0.250. The molecular formula is C28H34OSU2. The SMILES string of the molecule is CCCc1ccc2c(c1)O[CH-]CC2.CCc1ccccc1Sc1[c-]cccc1.[CH3-].[CH3-].[U+2].[U+2]. The Morgan fingerprint density at radius 3 is 2.41 bits per heavy atom. The van der Waals surface area contributed by atoms with Crippen LogP contribution in [0.2, 0.25) is 0 Å². The van der Waals surface area contributed by atoms with E-state index >= 15 is 0 Å². The molecule has 4 rings (SSSR count). The molecule has 0 saturated carbocycles. The van der Waals surface area contributed by atoms with Crippen molar-refractivity contribution < 1.29 is 67.0 Å². The van der Waals surface area contributed by atoms with Crippen LogP contribution in [-0.2, 0) is 19.3 Å². The van der Waals surface area contributed by atoms with Crippen LogP contribution < -0.4 is 4.74 Å². The summed E-state index contributed by atoms with van der Waals surface area (Å²) in [6, 6.07) is 26.5. The molecule has 0 aromatic heterocycles. The van der Waals surface area contributed by atoms with E-state index in [0.29, 0.717) is 0 Å². The van der Waals surface area contributed by atoms with Crippen molar-refractivity contribution in [1.82, 2.24) is 0 Å². The van der Waals surface area contributed by atoms with Crippen LogP contribution in [0.4, 0.5) is 0 Å². The second-order valence-corrected chi connectivity index (χ2v) is 7.89. The van der Waals surface area contributed by atoms with Crippen molar-refractivity contribution in [3.05, 3.63) is 111 Å². The Bertz CT molecular complexity index is 868. The van der Waals surface area contributed by atoms with Gasteiger partial charge in [0, 0.05) is 4.90 Å². The Morgan fingerprint density at radius 1 is 0.969 bits per heavy atom. The van der Waals surface area contributed by atoms with Crippen molar-refractivity contribution in [2.75, 3.05) is 0 Å². The minimum Gasteiger partial charge on any atom is -0.662 e. The predicted octanol–water partition coefficient (Wildman–Crippen LogP) is 8.23. The van der Waals surface area contributed by atoms with E-state index in [1.165, 1.54) is 32.9 Å². The molecule has 4 heteroatoms. The molecule has 0 fully saturated rings. The third-order valence-corrected chi connectivity index (χ3v) is 5.76. The van der Waals surface area contributed by atoms with E-state index in [1.807, 2.05) is 24.8 Å². The van der Waals surface area contributed by atoms with Crippen molar-refractivity contribution in [2.24, 2.45) is 0 Å². The second-order valence-electron chi connectivity index (χ2n) is 6.81. The van der Waals surface area contributed by atoms with E-state index in [1.54, 1.807) is 11.8 Å². The quantitative estimate of drug-likeness (QED) is 0.239. The molecule has 0 atom stereocenters. The van der Waals surface area contributed by atoms with Gasteiger partial charge in [-0.3, -0.25) is 0 Å². The van der Waals surface area contributed by atoms with Crippen LogP contribution in [0.1, 0.15) is 43.4 Å². The molecule has 0 N–H and O–H groups in total. The summed E-state index contributed by atoms with van der Waals surface area (Å²) in [5.41, 5.74) is 4.14. The average molecular weight is 895 g/mol. The van der Waals surface area contributed by atoms with Crippen molar-refractivity contribution >= 4 is 11.8 Å². The molecule has 1 heterocycles. The number of fused-ring (bicyclic) bond motifs is 1. The number of aryl methyl sites for hydroxylation is 3. The first kappa shape index (κ1) is 34.1. The van der Waals surface area contributed by atoms with Gasteiger partial charge in [0.15, 0.2) is 0 Å². The molecule has 32 heavy (non-hydrogen) atoms. The fourth-order valence-corrected chi connectivity index (χ4v) is 4.18. The van der Waals surface area contributed by atoms with Gasteiger partial charge in [-0.25, -0.2) is 0 Å². The minimum absolute atomic E-state index is 0. The summed E-state index contributed by atoms with van der Waals surface area (Å²) in [7, 11) is 0. The summed E-state index contributed by atoms with van der Waals surface area (Å²) in [5, 5.41) is 0. The molecule has 0 amide bonds. The zero-order chi connectivity index (χ0) is 19.6. The Kier molecular flexibility index (Phi) is 20.5. The Labute approximate surface area is 248 Å². The molecule has 0 radical (unpaired) electrons. The molecule has 0 unspecified atom stereocenters. The minimum atomic E-state index is 0. The number of ether oxygens (including phenoxy) is 1. The van der Waals surface area contributed by atoms with Crippen LogP contribution in [0.5, 0.6) is 5.75 Å². The maximum atomic E-state index is 5.49. The van der Waals surface area contributed by atoms with Gasteiger partial charge in [0.1, 0.15) is 0 Å². The maximum absolute atomic E-state index is 5.49. The molecule has 0 saturated heterocycles. The molecule has 1 nitrogen and oxygen atoms in total. The number of hydrogen-bond donors (Lipinski definition) is 0. The van der Waals surface area contributed by atoms with Crippen LogP contribution in [0, 0.1) is 89.8 Å². The monoisotopic (exact) mass is 894 g/mol. The first-order valence-corrected chi connectivity index (χ1v) is 10.9. The summed E-state index contributed by atoms with van der Waals surface area (Å²) >= 11 is 1.78. The molecule has 3 aromatic rings. The third kappa shape index (κ3) is 10.9. The van der Waals surface area contributed by atoms with Crippen LogP contribution in [0.15, 0.2) is 76.5 Å². The maximum Gasteiger partial charge on any atom is 2.00 e. The van der Waals surface area contributed by atoms with Crippen molar-refractivity contribution in [2.45, 2.75) is 55.7 Å². The van der Waals surface area contributed by atoms with E-state index in [2.05, 4.69) is 68.4 Å². The van der Waals surface area contributed by atoms with Crippen LogP contribution in [-0.4, -0.2) is 0 Å². The number of benzene rings is 3. The van der Waals surface area contributed by atoms with Gasteiger partial charge in [0.25, 0.3) is 0 Å². The Balaban J connectivity index is 0. The van der Waals surface area contributed by atoms with Gasteiger partial charge in [0.05, 0.1) is 5.75 Å². The molecule has 0 aliphatic carbocycles. The van der Waals surface area contributed by atoms with Crippen LogP contribution in [0.25, 0.3) is 0 Å². The van der Waals surface area contributed by atoms with Crippen molar-refractivity contribution in [3.8, 4) is 5.75 Å². The normalized spacial score (nSPS) is 10.8. The van der Waals surface area contributed by atoms with Gasteiger partial charge in [-0.15, -0.1) is 23.1 Å². The summed E-state index contributed by atoms with van der Waals surface area (Å²) in [5.74, 6) is 1.07. The topological polar surface area (TPSA) is 9.23 Å². The van der Waals surface area contributed by atoms with E-state index in [9.17, 15) is 0 Å². The molecule has 0 bridgehead atoms. The van der Waals surface area contributed by atoms with Crippen molar-refractivity contribution in [3.63, 3.8) is 0 Å². The van der Waals surface area contributed by atoms with Gasteiger partial charge in [-0.1, -0.05) is 50.6 Å². The average Bonchev–Trinajstić information content (AvgIpc) is 2.75. The van der Waals surface area contributed by atoms with Gasteiger partial charge in [-0.05, 0) is 48.1 Å². The number of hydrogen-bond acceptors (Lipinski definition) is 2. The summed E-state index contributed by atoms with van der Waals surface area (Å²) < 4.78 is 5.49. The Morgan fingerprint density at radius 2 is 1.72 bits per heavy atom. The van der Waals surface area contributed by atoms with E-state index in [0.717, 1.165) is 31.4 Å². The largest absolute Gasteiger partial charge is 2.00 e. The van der Waals surface area contributed by atoms with Gasteiger partial charge in [0.2, 0.25) is 0 Å². The molecular weight excluding hydrogens is 860 g/mol. The van der Waals surface area contributed by atoms with Crippen molar-refractivity contribution in [1.29, 1.82) is 0 Å². The Hall–Kier alpha value is -0.0861. The van der Waals surface area contributed by atoms with E-state index < -0.39 is 0 Å². The smallest absolute Gasteiger partial charge is 0.662 e. The summed E-state index contributed by atoms with van der Waals surface area (Å²) in [6.45, 7) is 6.29. The first-order valence-electron chi connectivity index (χ1n) is 10.1. The molecule has 0 spiro atoms. The molecule has 3 aromatic carbocycles. The summed E-state index contributed by atoms with van der Waals surface area (Å²) in [4.78, 5) is 2.51. The zero-order valence-electron chi connectivity index (χ0n) is 19.8. The van der Waals surface area contributed by atoms with Gasteiger partial charge in [-0.2, -0.15) is 36.9 Å². The van der Waals surface area contributed by atoms with Crippen LogP contribution in [0.3, 0.4) is 0 Å². The molecule has 166 valence electrons. The number of rotatable bonds is 5. The first-order chi connectivity index (χ1) is 13.8. The van der Waals surface area contributed by atoms with Crippen LogP contribution >= 0.6 is 11.8 Å². The molecule has 1 aliphatic heterocycles. The standard InChI is InChI=1S/C14H13S.C12H15O.2CH3.2U/c1-2-12-8-6-7-11-14(12)15-13-9-4-3-5-10-13;1-2-4-10-6-7-11-5-3-8-13-12(11)9-10;;;;/h3-9,11H,2H2,1H3;6-9H,2-5H2,1H3;2*1H3;;/q4*-1;2*+2. The van der Waals surface area contributed by atoms with Gasteiger partial charge < -0.3 is 19.6 Å². The van der Waals surface area contributed by atoms with Gasteiger partial charge >= 0.3 is 62.2 Å². The van der Waals surface area contributed by atoms with E-state index in [-0.39, 0.29) is 77.1 Å². The zero-order valence-corrected chi connectivity index (χ0v) is 28.9. The predicted molar refractivity (Wildman–Crippen MR) is 132 cm³/mol. The fourth-order valence-electron chi connectivity index (χ4n) is 3.18. The second kappa shape index (κ2) is 19.2. The third-order valence-electron chi connectivity index (χ3n) is 4.67.